The van der Waals surface area contributed by atoms with Gasteiger partial charge in [-0.05, 0) is 37.0 Å². The molecule has 0 fully saturated rings. The van der Waals surface area contributed by atoms with Gasteiger partial charge in [0.05, 0.1) is 6.61 Å². The van der Waals surface area contributed by atoms with E-state index in [0.717, 1.165) is 24.5 Å². The van der Waals surface area contributed by atoms with Gasteiger partial charge in [0.1, 0.15) is 18.1 Å². The second kappa shape index (κ2) is 10.7. The molecule has 0 heterocycles. The molecule has 0 aliphatic heterocycles. The molecule has 0 unspecified atom stereocenters. The second-order valence-corrected chi connectivity index (χ2v) is 5.61. The van der Waals surface area contributed by atoms with Crippen LogP contribution in [0.3, 0.4) is 0 Å². The highest BCUT2D eigenvalue weighted by atomic mass is 16.5. The molecule has 0 aliphatic rings. The number of benzene rings is 2. The molecule has 0 spiro atoms. The molecule has 3 heteroatoms. The Labute approximate surface area is 139 Å². The van der Waals surface area contributed by atoms with Crippen LogP contribution in [0.5, 0.6) is 11.5 Å². The van der Waals surface area contributed by atoms with Gasteiger partial charge in [-0.25, -0.2) is 0 Å². The summed E-state index contributed by atoms with van der Waals surface area (Å²) in [6.45, 7) is 1.81. The van der Waals surface area contributed by atoms with E-state index in [1.807, 2.05) is 24.3 Å². The first-order valence-electron chi connectivity index (χ1n) is 8.48. The van der Waals surface area contributed by atoms with Crippen LogP contribution < -0.4 is 15.2 Å². The summed E-state index contributed by atoms with van der Waals surface area (Å²) in [5.41, 5.74) is 6.86. The number of aryl methyl sites for hydroxylation is 1. The number of hydrogen-bond donors (Lipinski definition) is 1. The molecule has 2 rings (SSSR count). The zero-order chi connectivity index (χ0) is 16.2. The van der Waals surface area contributed by atoms with Gasteiger partial charge in [-0.15, -0.1) is 0 Å². The maximum Gasteiger partial charge on any atom is 0.123 e. The van der Waals surface area contributed by atoms with Crippen LogP contribution in [0.1, 0.15) is 31.2 Å². The predicted octanol–water partition coefficient (Wildman–Crippen LogP) is 4.21. The monoisotopic (exact) mass is 313 g/mol. The highest BCUT2D eigenvalue weighted by Crippen LogP contribution is 2.19. The van der Waals surface area contributed by atoms with E-state index in [1.165, 1.54) is 31.2 Å². The Bertz CT molecular complexity index is 542. The molecule has 2 N–H and O–H groups in total. The lowest BCUT2D eigenvalue weighted by Gasteiger charge is -2.09. The van der Waals surface area contributed by atoms with Crippen molar-refractivity contribution in [1.82, 2.24) is 0 Å². The largest absolute Gasteiger partial charge is 0.493 e. The third-order valence-corrected chi connectivity index (χ3v) is 3.66. The van der Waals surface area contributed by atoms with Crippen molar-refractivity contribution in [1.29, 1.82) is 0 Å². The summed E-state index contributed by atoms with van der Waals surface area (Å²) in [5, 5.41) is 0. The third-order valence-electron chi connectivity index (χ3n) is 3.66. The molecular weight excluding hydrogens is 286 g/mol. The molecule has 2 aromatic rings. The number of hydrogen-bond acceptors (Lipinski definition) is 3. The summed E-state index contributed by atoms with van der Waals surface area (Å²) < 4.78 is 11.3. The lowest BCUT2D eigenvalue weighted by molar-refractivity contribution is 0.297. The average Bonchev–Trinajstić information content (AvgIpc) is 2.60. The van der Waals surface area contributed by atoms with E-state index in [0.29, 0.717) is 13.2 Å². The van der Waals surface area contributed by atoms with E-state index >= 15 is 0 Å². The Balaban J connectivity index is 1.55. The van der Waals surface area contributed by atoms with E-state index < -0.39 is 0 Å². The maximum atomic E-state index is 5.78. The van der Waals surface area contributed by atoms with E-state index in [1.54, 1.807) is 0 Å². The van der Waals surface area contributed by atoms with Crippen molar-refractivity contribution >= 4 is 0 Å². The van der Waals surface area contributed by atoms with Crippen molar-refractivity contribution in [3.05, 3.63) is 60.2 Å². The van der Waals surface area contributed by atoms with Crippen molar-refractivity contribution < 1.29 is 9.47 Å². The highest BCUT2D eigenvalue weighted by Gasteiger charge is 1.98. The van der Waals surface area contributed by atoms with Gasteiger partial charge in [-0.1, -0.05) is 49.2 Å². The van der Waals surface area contributed by atoms with E-state index in [9.17, 15) is 0 Å². The molecule has 0 radical (unpaired) electrons. The molecule has 0 bridgehead atoms. The number of nitrogens with two attached hydrogens (primary N) is 1. The molecule has 3 nitrogen and oxygen atoms in total. The molecule has 0 saturated carbocycles. The van der Waals surface area contributed by atoms with Gasteiger partial charge in [-0.2, -0.15) is 0 Å². The minimum absolute atomic E-state index is 0.522. The fourth-order valence-electron chi connectivity index (χ4n) is 2.45. The second-order valence-electron chi connectivity index (χ2n) is 5.61. The molecule has 0 aliphatic carbocycles. The number of rotatable bonds is 11. The quantitative estimate of drug-likeness (QED) is 0.632. The van der Waals surface area contributed by atoms with Gasteiger partial charge in [0, 0.05) is 12.6 Å². The molecule has 0 atom stereocenters. The standard InChI is InChI=1S/C20H27NO2/c21-14-16-23-20-13-8-12-19(17-20)22-15-7-2-1-4-9-18-10-5-3-6-11-18/h3,5-6,8,10-13,17H,1-2,4,7,9,14-16,21H2. The zero-order valence-corrected chi connectivity index (χ0v) is 13.7. The van der Waals surface area contributed by atoms with Crippen LogP contribution in [-0.4, -0.2) is 19.8 Å². The Kier molecular flexibility index (Phi) is 8.06. The minimum atomic E-state index is 0.522. The van der Waals surface area contributed by atoms with Crippen LogP contribution in [0.2, 0.25) is 0 Å². The molecule has 0 aromatic heterocycles. The summed E-state index contributed by atoms with van der Waals surface area (Å²) in [5.74, 6) is 1.68. The fourth-order valence-corrected chi connectivity index (χ4v) is 2.45. The van der Waals surface area contributed by atoms with Crippen LogP contribution >= 0.6 is 0 Å². The van der Waals surface area contributed by atoms with E-state index in [2.05, 4.69) is 30.3 Å². The van der Waals surface area contributed by atoms with Gasteiger partial charge in [0.25, 0.3) is 0 Å². The Hall–Kier alpha value is -2.00. The molecule has 0 amide bonds. The van der Waals surface area contributed by atoms with Crippen molar-refractivity contribution in [2.45, 2.75) is 32.1 Å². The van der Waals surface area contributed by atoms with Gasteiger partial charge < -0.3 is 15.2 Å². The van der Waals surface area contributed by atoms with Crippen molar-refractivity contribution in [2.24, 2.45) is 5.73 Å². The molecule has 2 aromatic carbocycles. The number of ether oxygens (including phenoxy) is 2. The van der Waals surface area contributed by atoms with Gasteiger partial charge in [0.2, 0.25) is 0 Å². The fraction of sp³-hybridized carbons (Fsp3) is 0.400. The van der Waals surface area contributed by atoms with Crippen molar-refractivity contribution in [3.63, 3.8) is 0 Å². The van der Waals surface area contributed by atoms with E-state index in [4.69, 9.17) is 15.2 Å². The first-order chi connectivity index (χ1) is 11.4. The highest BCUT2D eigenvalue weighted by molar-refractivity contribution is 5.32. The first kappa shape index (κ1) is 17.4. The summed E-state index contributed by atoms with van der Waals surface area (Å²) in [6.07, 6.45) is 5.95. The summed E-state index contributed by atoms with van der Waals surface area (Å²) in [6, 6.07) is 18.4. The topological polar surface area (TPSA) is 44.5 Å². The molecule has 124 valence electrons. The lowest BCUT2D eigenvalue weighted by Crippen LogP contribution is -2.10. The first-order valence-corrected chi connectivity index (χ1v) is 8.48. The van der Waals surface area contributed by atoms with E-state index in [-0.39, 0.29) is 0 Å². The Morgan fingerprint density at radius 1 is 0.696 bits per heavy atom. The Morgan fingerprint density at radius 3 is 2.13 bits per heavy atom. The lowest BCUT2D eigenvalue weighted by atomic mass is 10.1. The van der Waals surface area contributed by atoms with Crippen LogP contribution in [-0.2, 0) is 6.42 Å². The van der Waals surface area contributed by atoms with Crippen LogP contribution in [0.4, 0.5) is 0 Å². The molecule has 23 heavy (non-hydrogen) atoms. The minimum Gasteiger partial charge on any atom is -0.493 e. The average molecular weight is 313 g/mol. The van der Waals surface area contributed by atoms with Crippen LogP contribution in [0, 0.1) is 0 Å². The molecule has 0 saturated heterocycles. The van der Waals surface area contributed by atoms with Crippen LogP contribution in [0.15, 0.2) is 54.6 Å². The summed E-state index contributed by atoms with van der Waals surface area (Å²) in [4.78, 5) is 0. The normalized spacial score (nSPS) is 10.5. The maximum absolute atomic E-state index is 5.78. The number of unbranched alkanes of at least 4 members (excludes halogenated alkanes) is 3. The van der Waals surface area contributed by atoms with Crippen molar-refractivity contribution in [3.8, 4) is 11.5 Å². The third kappa shape index (κ3) is 7.20. The smallest absolute Gasteiger partial charge is 0.123 e. The zero-order valence-electron chi connectivity index (χ0n) is 13.7. The summed E-state index contributed by atoms with van der Waals surface area (Å²) >= 11 is 0. The SMILES string of the molecule is NCCOc1cccc(OCCCCCCc2ccccc2)c1. The summed E-state index contributed by atoms with van der Waals surface area (Å²) in [7, 11) is 0. The Morgan fingerprint density at radius 2 is 1.39 bits per heavy atom. The predicted molar refractivity (Wildman–Crippen MR) is 95.1 cm³/mol. The van der Waals surface area contributed by atoms with Gasteiger partial charge >= 0.3 is 0 Å². The van der Waals surface area contributed by atoms with Crippen molar-refractivity contribution in [2.75, 3.05) is 19.8 Å². The molecular formula is C20H27NO2. The van der Waals surface area contributed by atoms with Gasteiger partial charge in [-0.3, -0.25) is 0 Å². The van der Waals surface area contributed by atoms with Crippen LogP contribution in [0.25, 0.3) is 0 Å². The van der Waals surface area contributed by atoms with Gasteiger partial charge in [0.15, 0.2) is 0 Å².